The lowest BCUT2D eigenvalue weighted by atomic mass is 10.3. The standard InChI is InChI=1S/C13H20FN3O2S/c1-2-17(10-3-4-10)8-7-16-20(18,19)11-5-6-13(15)12(14)9-11/h5-6,9-10,16H,2-4,7-8,15H2,1H3. The van der Waals surface area contributed by atoms with Crippen molar-refractivity contribution in [3.05, 3.63) is 24.0 Å². The topological polar surface area (TPSA) is 75.4 Å². The van der Waals surface area contributed by atoms with Crippen molar-refractivity contribution in [2.24, 2.45) is 0 Å². The Morgan fingerprint density at radius 3 is 2.70 bits per heavy atom. The Labute approximate surface area is 119 Å². The quantitative estimate of drug-likeness (QED) is 0.741. The number of nitrogens with zero attached hydrogens (tertiary/aromatic N) is 1. The highest BCUT2D eigenvalue weighted by Gasteiger charge is 2.27. The third kappa shape index (κ3) is 3.68. The van der Waals surface area contributed by atoms with E-state index in [0.29, 0.717) is 19.1 Å². The highest BCUT2D eigenvalue weighted by molar-refractivity contribution is 7.89. The molecule has 3 N–H and O–H groups in total. The number of rotatable bonds is 7. The summed E-state index contributed by atoms with van der Waals surface area (Å²) in [6.45, 7) is 3.95. The third-order valence-electron chi connectivity index (χ3n) is 3.44. The summed E-state index contributed by atoms with van der Waals surface area (Å²) < 4.78 is 39.8. The summed E-state index contributed by atoms with van der Waals surface area (Å²) >= 11 is 0. The first-order valence-corrected chi connectivity index (χ1v) is 8.21. The second-order valence-electron chi connectivity index (χ2n) is 4.94. The number of sulfonamides is 1. The maximum absolute atomic E-state index is 13.3. The number of hydrogen-bond acceptors (Lipinski definition) is 4. The van der Waals surface area contributed by atoms with E-state index in [9.17, 15) is 12.8 Å². The molecule has 1 fully saturated rings. The van der Waals surface area contributed by atoms with E-state index in [-0.39, 0.29) is 10.6 Å². The highest BCUT2D eigenvalue weighted by Crippen LogP contribution is 2.25. The molecule has 0 aromatic heterocycles. The second kappa shape index (κ2) is 6.07. The van der Waals surface area contributed by atoms with Gasteiger partial charge in [-0.2, -0.15) is 0 Å². The van der Waals surface area contributed by atoms with Crippen molar-refractivity contribution in [2.75, 3.05) is 25.4 Å². The first-order chi connectivity index (χ1) is 9.44. The Balaban J connectivity index is 1.94. The average Bonchev–Trinajstić information content (AvgIpc) is 3.22. The SMILES string of the molecule is CCN(CCNS(=O)(=O)c1ccc(N)c(F)c1)C1CC1. The Hall–Kier alpha value is -1.18. The fourth-order valence-electron chi connectivity index (χ4n) is 2.12. The van der Waals surface area contributed by atoms with Gasteiger partial charge in [0.2, 0.25) is 10.0 Å². The molecular weight excluding hydrogens is 281 g/mol. The van der Waals surface area contributed by atoms with Gasteiger partial charge in [-0.25, -0.2) is 17.5 Å². The molecule has 1 aliphatic rings. The van der Waals surface area contributed by atoms with Crippen molar-refractivity contribution in [3.8, 4) is 0 Å². The maximum atomic E-state index is 13.3. The van der Waals surface area contributed by atoms with Crippen molar-refractivity contribution >= 4 is 15.7 Å². The van der Waals surface area contributed by atoms with Gasteiger partial charge in [0, 0.05) is 19.1 Å². The Bertz CT molecular complexity index is 573. The molecule has 1 saturated carbocycles. The van der Waals surface area contributed by atoms with E-state index in [1.807, 2.05) is 0 Å². The first kappa shape index (κ1) is 15.2. The molecule has 0 bridgehead atoms. The van der Waals surface area contributed by atoms with Crippen molar-refractivity contribution in [1.82, 2.24) is 9.62 Å². The Morgan fingerprint density at radius 2 is 2.15 bits per heavy atom. The van der Waals surface area contributed by atoms with Crippen LogP contribution in [0.2, 0.25) is 0 Å². The molecule has 1 aromatic rings. The summed E-state index contributed by atoms with van der Waals surface area (Å²) in [6.07, 6.45) is 2.37. The van der Waals surface area contributed by atoms with Crippen LogP contribution < -0.4 is 10.5 Å². The fraction of sp³-hybridized carbons (Fsp3) is 0.538. The zero-order valence-corrected chi connectivity index (χ0v) is 12.3. The monoisotopic (exact) mass is 301 g/mol. The van der Waals surface area contributed by atoms with Gasteiger partial charge in [0.05, 0.1) is 10.6 Å². The largest absolute Gasteiger partial charge is 0.396 e. The van der Waals surface area contributed by atoms with Crippen LogP contribution in [0.3, 0.4) is 0 Å². The second-order valence-corrected chi connectivity index (χ2v) is 6.71. The van der Waals surface area contributed by atoms with Crippen LogP contribution in [-0.4, -0.2) is 39.0 Å². The van der Waals surface area contributed by atoms with Gasteiger partial charge < -0.3 is 5.73 Å². The van der Waals surface area contributed by atoms with Crippen LogP contribution >= 0.6 is 0 Å². The number of hydrogen-bond donors (Lipinski definition) is 2. The molecule has 0 spiro atoms. The van der Waals surface area contributed by atoms with E-state index in [1.165, 1.54) is 25.0 Å². The molecule has 0 heterocycles. The van der Waals surface area contributed by atoms with Gasteiger partial charge in [0.15, 0.2) is 0 Å². The molecule has 0 unspecified atom stereocenters. The smallest absolute Gasteiger partial charge is 0.240 e. The molecule has 0 amide bonds. The van der Waals surface area contributed by atoms with E-state index >= 15 is 0 Å². The van der Waals surface area contributed by atoms with Crippen LogP contribution in [0.15, 0.2) is 23.1 Å². The third-order valence-corrected chi connectivity index (χ3v) is 4.90. The summed E-state index contributed by atoms with van der Waals surface area (Å²) in [4.78, 5) is 2.14. The average molecular weight is 301 g/mol. The van der Waals surface area contributed by atoms with E-state index in [0.717, 1.165) is 12.6 Å². The molecular formula is C13H20FN3O2S. The number of nitrogens with two attached hydrogens (primary N) is 1. The van der Waals surface area contributed by atoms with E-state index in [4.69, 9.17) is 5.73 Å². The lowest BCUT2D eigenvalue weighted by Gasteiger charge is -2.19. The van der Waals surface area contributed by atoms with Crippen LogP contribution in [0.4, 0.5) is 10.1 Å². The fourth-order valence-corrected chi connectivity index (χ4v) is 3.15. The molecule has 20 heavy (non-hydrogen) atoms. The summed E-state index contributed by atoms with van der Waals surface area (Å²) in [5.74, 6) is -0.721. The molecule has 7 heteroatoms. The van der Waals surface area contributed by atoms with Crippen molar-refractivity contribution in [1.29, 1.82) is 0 Å². The molecule has 2 rings (SSSR count). The minimum atomic E-state index is -3.68. The van der Waals surface area contributed by atoms with Crippen molar-refractivity contribution in [2.45, 2.75) is 30.7 Å². The minimum absolute atomic E-state index is 0.0603. The van der Waals surface area contributed by atoms with Crippen molar-refractivity contribution in [3.63, 3.8) is 0 Å². The number of halogens is 1. The summed E-state index contributed by atoms with van der Waals surface area (Å²) in [6, 6.07) is 4.10. The number of anilines is 1. The van der Waals surface area contributed by atoms with Gasteiger partial charge in [-0.3, -0.25) is 4.90 Å². The number of benzene rings is 1. The van der Waals surface area contributed by atoms with Crippen LogP contribution in [0, 0.1) is 5.82 Å². The van der Waals surface area contributed by atoms with Gasteiger partial charge in [-0.1, -0.05) is 6.92 Å². The predicted molar refractivity (Wildman–Crippen MR) is 76.3 cm³/mol. The first-order valence-electron chi connectivity index (χ1n) is 6.73. The summed E-state index contributed by atoms with van der Waals surface area (Å²) in [5, 5.41) is 0. The Kier molecular flexibility index (Phi) is 4.62. The van der Waals surface area contributed by atoms with Gasteiger partial charge in [-0.15, -0.1) is 0 Å². The van der Waals surface area contributed by atoms with Gasteiger partial charge in [0.25, 0.3) is 0 Å². The van der Waals surface area contributed by atoms with Gasteiger partial charge in [0.1, 0.15) is 5.82 Å². The molecule has 0 saturated heterocycles. The van der Waals surface area contributed by atoms with Crippen LogP contribution in [0.25, 0.3) is 0 Å². The molecule has 0 aliphatic heterocycles. The normalized spacial score (nSPS) is 15.8. The van der Waals surface area contributed by atoms with Crippen molar-refractivity contribution < 1.29 is 12.8 Å². The molecule has 0 atom stereocenters. The molecule has 0 radical (unpaired) electrons. The van der Waals surface area contributed by atoms with Crippen LogP contribution in [0.1, 0.15) is 19.8 Å². The van der Waals surface area contributed by atoms with E-state index in [1.54, 1.807) is 0 Å². The maximum Gasteiger partial charge on any atom is 0.240 e. The lowest BCUT2D eigenvalue weighted by Crippen LogP contribution is -2.36. The summed E-state index contributed by atoms with van der Waals surface area (Å²) in [5.41, 5.74) is 5.27. The van der Waals surface area contributed by atoms with Crippen LogP contribution in [-0.2, 0) is 10.0 Å². The molecule has 112 valence electrons. The Morgan fingerprint density at radius 1 is 1.45 bits per heavy atom. The number of nitrogens with one attached hydrogen (secondary N) is 1. The molecule has 1 aliphatic carbocycles. The summed E-state index contributed by atoms with van der Waals surface area (Å²) in [7, 11) is -3.68. The van der Waals surface area contributed by atoms with Gasteiger partial charge in [-0.05, 0) is 37.6 Å². The zero-order chi connectivity index (χ0) is 14.8. The van der Waals surface area contributed by atoms with E-state index in [2.05, 4.69) is 16.5 Å². The highest BCUT2D eigenvalue weighted by atomic mass is 32.2. The molecule has 1 aromatic carbocycles. The van der Waals surface area contributed by atoms with E-state index < -0.39 is 15.8 Å². The molecule has 5 nitrogen and oxygen atoms in total. The van der Waals surface area contributed by atoms with Gasteiger partial charge >= 0.3 is 0 Å². The number of likely N-dealkylation sites (N-methyl/N-ethyl adjacent to an activating group) is 1. The lowest BCUT2D eigenvalue weighted by molar-refractivity contribution is 0.282. The zero-order valence-electron chi connectivity index (χ0n) is 11.5. The number of nitrogen functional groups attached to an aromatic ring is 1. The minimum Gasteiger partial charge on any atom is -0.396 e. The van der Waals surface area contributed by atoms with Crippen LogP contribution in [0.5, 0.6) is 0 Å². The predicted octanol–water partition coefficient (Wildman–Crippen LogP) is 1.17.